The van der Waals surface area contributed by atoms with E-state index < -0.39 is 0 Å². The number of fused-ring (bicyclic) bond motifs is 1. The second-order valence-corrected chi connectivity index (χ2v) is 7.73. The van der Waals surface area contributed by atoms with Crippen LogP contribution in [0.25, 0.3) is 0 Å². The minimum absolute atomic E-state index is 0.0475. The van der Waals surface area contributed by atoms with Gasteiger partial charge in [-0.25, -0.2) is 0 Å². The molecule has 1 atom stereocenters. The number of carbonyl (C=O) groups excluding carboxylic acids is 1. The molecule has 0 radical (unpaired) electrons. The number of carbonyl (C=O) groups is 1. The second kappa shape index (κ2) is 5.58. The molecular formula is C17H27N3O. The van der Waals surface area contributed by atoms with E-state index in [9.17, 15) is 4.79 Å². The van der Waals surface area contributed by atoms with Gasteiger partial charge in [0.05, 0.1) is 11.4 Å². The molecule has 1 heterocycles. The minimum atomic E-state index is -0.237. The fourth-order valence-corrected chi connectivity index (χ4v) is 3.16. The summed E-state index contributed by atoms with van der Waals surface area (Å²) in [4.78, 5) is 12.5. The van der Waals surface area contributed by atoms with Crippen molar-refractivity contribution < 1.29 is 4.79 Å². The van der Waals surface area contributed by atoms with Gasteiger partial charge >= 0.3 is 0 Å². The smallest absolute Gasteiger partial charge is 0.244 e. The molecule has 0 saturated heterocycles. The van der Waals surface area contributed by atoms with Crippen LogP contribution in [-0.4, -0.2) is 24.0 Å². The Morgan fingerprint density at radius 3 is 2.43 bits per heavy atom. The summed E-state index contributed by atoms with van der Waals surface area (Å²) in [5.41, 5.74) is 2.00. The lowest BCUT2D eigenvalue weighted by molar-refractivity contribution is -0.123. The number of hydrogen-bond acceptors (Lipinski definition) is 3. The first-order valence-corrected chi connectivity index (χ1v) is 7.58. The molecule has 1 aromatic rings. The van der Waals surface area contributed by atoms with E-state index in [-0.39, 0.29) is 22.9 Å². The van der Waals surface area contributed by atoms with Gasteiger partial charge in [-0.1, -0.05) is 32.9 Å². The molecule has 0 saturated carbocycles. The predicted molar refractivity (Wildman–Crippen MR) is 88.6 cm³/mol. The summed E-state index contributed by atoms with van der Waals surface area (Å²) in [7, 11) is 0. The number of benzene rings is 1. The molecule has 4 nitrogen and oxygen atoms in total. The van der Waals surface area contributed by atoms with Gasteiger partial charge in [-0.2, -0.15) is 0 Å². The number of rotatable bonds is 3. The number of nitrogens with one attached hydrogen (secondary N) is 3. The molecule has 1 aromatic carbocycles. The lowest BCUT2D eigenvalue weighted by atomic mass is 9.81. The van der Waals surface area contributed by atoms with Gasteiger partial charge in [-0.3, -0.25) is 4.79 Å². The maximum absolute atomic E-state index is 12.5. The van der Waals surface area contributed by atoms with Crippen LogP contribution in [0.1, 0.15) is 41.0 Å². The second-order valence-electron chi connectivity index (χ2n) is 7.73. The number of amides is 1. The number of anilines is 2. The van der Waals surface area contributed by atoms with E-state index in [1.165, 1.54) is 0 Å². The van der Waals surface area contributed by atoms with Crippen LogP contribution in [0, 0.1) is 5.41 Å². The number of para-hydroxylation sites is 2. The first kappa shape index (κ1) is 15.7. The normalized spacial score (nSPS) is 18.2. The van der Waals surface area contributed by atoms with Gasteiger partial charge in [-0.15, -0.1) is 0 Å². The Labute approximate surface area is 127 Å². The lowest BCUT2D eigenvalue weighted by Gasteiger charge is -2.36. The minimum Gasteiger partial charge on any atom is -0.381 e. The molecule has 4 heteroatoms. The van der Waals surface area contributed by atoms with E-state index >= 15 is 0 Å². The van der Waals surface area contributed by atoms with Crippen molar-refractivity contribution in [1.82, 2.24) is 5.32 Å². The highest BCUT2D eigenvalue weighted by Crippen LogP contribution is 2.28. The van der Waals surface area contributed by atoms with Gasteiger partial charge in [0.25, 0.3) is 0 Å². The Balaban J connectivity index is 1.99. The van der Waals surface area contributed by atoms with Crippen molar-refractivity contribution in [1.29, 1.82) is 0 Å². The molecule has 116 valence electrons. The van der Waals surface area contributed by atoms with E-state index in [0.717, 1.165) is 17.8 Å². The van der Waals surface area contributed by atoms with Gasteiger partial charge in [-0.05, 0) is 37.8 Å². The van der Waals surface area contributed by atoms with Crippen LogP contribution < -0.4 is 16.0 Å². The highest BCUT2D eigenvalue weighted by Gasteiger charge is 2.31. The maximum atomic E-state index is 12.5. The first-order chi connectivity index (χ1) is 9.66. The van der Waals surface area contributed by atoms with Crippen LogP contribution in [0.15, 0.2) is 24.3 Å². The monoisotopic (exact) mass is 289 g/mol. The molecule has 2 rings (SSSR count). The Bertz CT molecular complexity index is 517. The van der Waals surface area contributed by atoms with Gasteiger partial charge in [0, 0.05) is 12.1 Å². The van der Waals surface area contributed by atoms with Crippen molar-refractivity contribution in [2.45, 2.75) is 52.6 Å². The molecule has 1 aliphatic rings. The third kappa shape index (κ3) is 4.38. The summed E-state index contributed by atoms with van der Waals surface area (Å²) >= 11 is 0. The predicted octanol–water partition coefficient (Wildman–Crippen LogP) is 3.22. The topological polar surface area (TPSA) is 53.2 Å². The Morgan fingerprint density at radius 1 is 1.19 bits per heavy atom. The van der Waals surface area contributed by atoms with Crippen LogP contribution >= 0.6 is 0 Å². The van der Waals surface area contributed by atoms with Crippen LogP contribution in [0.5, 0.6) is 0 Å². The summed E-state index contributed by atoms with van der Waals surface area (Å²) in [5.74, 6) is 0.0475. The van der Waals surface area contributed by atoms with Crippen molar-refractivity contribution in [3.8, 4) is 0 Å². The maximum Gasteiger partial charge on any atom is 0.244 e. The molecule has 1 amide bonds. The van der Waals surface area contributed by atoms with E-state index in [1.807, 2.05) is 24.3 Å². The third-order valence-corrected chi connectivity index (χ3v) is 3.50. The molecule has 1 aliphatic heterocycles. The molecular weight excluding hydrogens is 262 g/mol. The molecule has 1 unspecified atom stereocenters. The summed E-state index contributed by atoms with van der Waals surface area (Å²) < 4.78 is 0. The van der Waals surface area contributed by atoms with Gasteiger partial charge in [0.2, 0.25) is 5.91 Å². The van der Waals surface area contributed by atoms with Crippen molar-refractivity contribution in [3.63, 3.8) is 0 Å². The fraction of sp³-hybridized carbons (Fsp3) is 0.588. The zero-order valence-corrected chi connectivity index (χ0v) is 13.7. The first-order valence-electron chi connectivity index (χ1n) is 7.58. The molecule has 0 aromatic heterocycles. The van der Waals surface area contributed by atoms with Crippen molar-refractivity contribution >= 4 is 17.3 Å². The Morgan fingerprint density at radius 2 is 1.81 bits per heavy atom. The largest absolute Gasteiger partial charge is 0.381 e. The third-order valence-electron chi connectivity index (χ3n) is 3.50. The average molecular weight is 289 g/mol. The summed E-state index contributed by atoms with van der Waals surface area (Å²) in [6.45, 7) is 11.3. The van der Waals surface area contributed by atoms with Crippen LogP contribution in [0.2, 0.25) is 0 Å². The van der Waals surface area contributed by atoms with Crippen LogP contribution in [0.4, 0.5) is 11.4 Å². The molecule has 3 N–H and O–H groups in total. The SMILES string of the molecule is CC(C)(C)CC(C)(C)NC(=O)C1CNc2ccccc2N1. The zero-order chi connectivity index (χ0) is 15.7. The van der Waals surface area contributed by atoms with Crippen molar-refractivity contribution in [2.75, 3.05) is 17.2 Å². The van der Waals surface area contributed by atoms with E-state index in [1.54, 1.807) is 0 Å². The van der Waals surface area contributed by atoms with Gasteiger partial charge in [0.15, 0.2) is 0 Å². The van der Waals surface area contributed by atoms with E-state index in [2.05, 4.69) is 50.6 Å². The molecule has 0 bridgehead atoms. The zero-order valence-electron chi connectivity index (χ0n) is 13.7. The fourth-order valence-electron chi connectivity index (χ4n) is 3.16. The number of hydrogen-bond donors (Lipinski definition) is 3. The summed E-state index contributed by atoms with van der Waals surface area (Å²) in [6.07, 6.45) is 0.933. The van der Waals surface area contributed by atoms with Crippen LogP contribution in [0.3, 0.4) is 0 Å². The summed E-state index contributed by atoms with van der Waals surface area (Å²) in [5, 5.41) is 9.78. The molecule has 0 aliphatic carbocycles. The van der Waals surface area contributed by atoms with Crippen LogP contribution in [-0.2, 0) is 4.79 Å². The Kier molecular flexibility index (Phi) is 4.17. The highest BCUT2D eigenvalue weighted by molar-refractivity contribution is 5.89. The molecule has 21 heavy (non-hydrogen) atoms. The summed E-state index contributed by atoms with van der Waals surface area (Å²) in [6, 6.07) is 7.72. The highest BCUT2D eigenvalue weighted by atomic mass is 16.2. The van der Waals surface area contributed by atoms with E-state index in [4.69, 9.17) is 0 Å². The van der Waals surface area contributed by atoms with Gasteiger partial charge < -0.3 is 16.0 Å². The average Bonchev–Trinajstić information content (AvgIpc) is 2.34. The molecule has 0 fully saturated rings. The Hall–Kier alpha value is -1.71. The lowest BCUT2D eigenvalue weighted by Crippen LogP contribution is -2.54. The van der Waals surface area contributed by atoms with Crippen molar-refractivity contribution in [2.24, 2.45) is 5.41 Å². The van der Waals surface area contributed by atoms with Crippen molar-refractivity contribution in [3.05, 3.63) is 24.3 Å². The van der Waals surface area contributed by atoms with E-state index in [0.29, 0.717) is 6.54 Å². The van der Waals surface area contributed by atoms with Gasteiger partial charge in [0.1, 0.15) is 6.04 Å². The quantitative estimate of drug-likeness (QED) is 0.801. The standard InChI is InChI=1S/C17H27N3O/c1-16(2,3)11-17(4,5)20-15(21)14-10-18-12-8-6-7-9-13(12)19-14/h6-9,14,18-19H,10-11H2,1-5H3,(H,20,21). The molecule has 0 spiro atoms.